The first-order valence-corrected chi connectivity index (χ1v) is 10.5. The number of esters is 1. The molecule has 1 aliphatic carbocycles. The van der Waals surface area contributed by atoms with Crippen LogP contribution in [0.2, 0.25) is 0 Å². The van der Waals surface area contributed by atoms with Gasteiger partial charge in [-0.2, -0.15) is 5.10 Å². The molecule has 0 aliphatic heterocycles. The van der Waals surface area contributed by atoms with Gasteiger partial charge >= 0.3 is 5.97 Å². The summed E-state index contributed by atoms with van der Waals surface area (Å²) in [6.45, 7) is 2.00. The third kappa shape index (κ3) is 3.47. The number of aromatic nitrogens is 5. The molecule has 8 nitrogen and oxygen atoms in total. The molecule has 0 spiro atoms. The topological polar surface area (TPSA) is 109 Å². The number of pyridine rings is 1. The van der Waals surface area contributed by atoms with Crippen molar-refractivity contribution >= 4 is 22.8 Å². The van der Waals surface area contributed by atoms with E-state index in [1.807, 2.05) is 0 Å². The van der Waals surface area contributed by atoms with E-state index in [4.69, 9.17) is 10.5 Å². The molecule has 0 radical (unpaired) electrons. The molecular weight excluding hydrogens is 430 g/mol. The number of benzene rings is 1. The number of hydrogen-bond acceptors (Lipinski definition) is 7. The number of anilines is 1. The maximum Gasteiger partial charge on any atom is 0.316 e. The average molecular weight is 450 g/mol. The average Bonchev–Trinajstić information content (AvgIpc) is 3.54. The van der Waals surface area contributed by atoms with Crippen molar-refractivity contribution in [3.05, 3.63) is 65.5 Å². The molecule has 0 unspecified atom stereocenters. The van der Waals surface area contributed by atoms with Crippen molar-refractivity contribution in [3.63, 3.8) is 0 Å². The molecule has 5 rings (SSSR count). The molecule has 1 aliphatic rings. The van der Waals surface area contributed by atoms with Gasteiger partial charge in [0.1, 0.15) is 11.5 Å². The summed E-state index contributed by atoms with van der Waals surface area (Å²) in [4.78, 5) is 25.6. The van der Waals surface area contributed by atoms with Gasteiger partial charge in [0.05, 0.1) is 24.0 Å². The molecule has 10 heteroatoms. The van der Waals surface area contributed by atoms with E-state index in [1.165, 1.54) is 23.0 Å². The van der Waals surface area contributed by atoms with Gasteiger partial charge in [0, 0.05) is 23.5 Å². The summed E-state index contributed by atoms with van der Waals surface area (Å²) < 4.78 is 34.6. The van der Waals surface area contributed by atoms with Gasteiger partial charge in [-0.1, -0.05) is 12.1 Å². The van der Waals surface area contributed by atoms with Crippen LogP contribution < -0.4 is 5.73 Å². The van der Waals surface area contributed by atoms with Crippen LogP contribution in [0.4, 0.5) is 14.6 Å². The van der Waals surface area contributed by atoms with Crippen LogP contribution in [0.5, 0.6) is 0 Å². The monoisotopic (exact) mass is 450 g/mol. The van der Waals surface area contributed by atoms with Crippen molar-refractivity contribution in [2.75, 3.05) is 12.3 Å². The summed E-state index contributed by atoms with van der Waals surface area (Å²) in [6.07, 6.45) is 4.37. The Hall–Kier alpha value is -3.95. The molecule has 1 aromatic carbocycles. The van der Waals surface area contributed by atoms with Crippen molar-refractivity contribution in [3.8, 4) is 11.5 Å². The summed E-state index contributed by atoms with van der Waals surface area (Å²) in [7, 11) is 0. The summed E-state index contributed by atoms with van der Waals surface area (Å²) in [5.74, 6) is -1.78. The van der Waals surface area contributed by atoms with E-state index in [9.17, 15) is 13.6 Å². The van der Waals surface area contributed by atoms with Crippen LogP contribution in [0, 0.1) is 11.6 Å². The maximum atomic E-state index is 14.2. The number of nitrogen functional groups attached to an aromatic ring is 1. The molecule has 0 amide bonds. The van der Waals surface area contributed by atoms with Crippen molar-refractivity contribution < 1.29 is 18.3 Å². The highest BCUT2D eigenvalue weighted by Crippen LogP contribution is 2.50. The smallest absolute Gasteiger partial charge is 0.316 e. The first-order chi connectivity index (χ1) is 15.9. The van der Waals surface area contributed by atoms with Crippen LogP contribution in [-0.4, -0.2) is 37.3 Å². The van der Waals surface area contributed by atoms with E-state index in [2.05, 4.69) is 20.1 Å². The molecule has 168 valence electrons. The highest BCUT2D eigenvalue weighted by Gasteiger charge is 2.54. The maximum absolute atomic E-state index is 14.2. The number of carbonyl (C=O) groups is 1. The number of ether oxygens (including phenoxy) is 1. The van der Waals surface area contributed by atoms with Crippen molar-refractivity contribution in [2.45, 2.75) is 31.7 Å². The fourth-order valence-corrected chi connectivity index (χ4v) is 3.97. The molecule has 1 saturated carbocycles. The fourth-order valence-electron chi connectivity index (χ4n) is 3.97. The van der Waals surface area contributed by atoms with Crippen LogP contribution in [0.1, 0.15) is 30.9 Å². The van der Waals surface area contributed by atoms with Gasteiger partial charge in [0.15, 0.2) is 23.1 Å². The zero-order chi connectivity index (χ0) is 23.2. The van der Waals surface area contributed by atoms with Crippen molar-refractivity contribution in [2.24, 2.45) is 0 Å². The molecule has 2 N–H and O–H groups in total. The number of carbonyl (C=O) groups excluding carboxylic acids is 1. The van der Waals surface area contributed by atoms with E-state index in [0.29, 0.717) is 35.1 Å². The fraction of sp³-hybridized carbons (Fsp3) is 0.261. The Kier molecular flexibility index (Phi) is 4.99. The summed E-state index contributed by atoms with van der Waals surface area (Å²) in [5.41, 5.74) is 6.97. The molecule has 0 saturated heterocycles. The zero-order valence-electron chi connectivity index (χ0n) is 17.8. The third-order valence-electron chi connectivity index (χ3n) is 5.82. The number of rotatable bonds is 6. The third-order valence-corrected chi connectivity index (χ3v) is 5.82. The Morgan fingerprint density at radius 3 is 2.76 bits per heavy atom. The first kappa shape index (κ1) is 20.9. The second-order valence-electron chi connectivity index (χ2n) is 7.89. The minimum atomic E-state index is -0.933. The van der Waals surface area contributed by atoms with Gasteiger partial charge in [-0.05, 0) is 38.0 Å². The normalized spacial score (nSPS) is 14.4. The Bertz CT molecular complexity index is 1380. The molecule has 0 bridgehead atoms. The van der Waals surface area contributed by atoms with E-state index < -0.39 is 17.0 Å². The number of nitrogens with two attached hydrogens (primary N) is 1. The second kappa shape index (κ2) is 7.88. The lowest BCUT2D eigenvalue weighted by Crippen LogP contribution is -2.25. The lowest BCUT2D eigenvalue weighted by Gasteiger charge is -2.15. The minimum absolute atomic E-state index is 0.0311. The predicted molar refractivity (Wildman–Crippen MR) is 116 cm³/mol. The Labute approximate surface area is 187 Å². The Morgan fingerprint density at radius 2 is 2.03 bits per heavy atom. The first-order valence-electron chi connectivity index (χ1n) is 10.5. The lowest BCUT2D eigenvalue weighted by molar-refractivity contribution is -0.146. The highest BCUT2D eigenvalue weighted by molar-refractivity contribution is 5.90. The van der Waals surface area contributed by atoms with Crippen LogP contribution in [-0.2, 0) is 21.5 Å². The lowest BCUT2D eigenvalue weighted by atomic mass is 9.98. The molecule has 3 aromatic heterocycles. The quantitative estimate of drug-likeness (QED) is 0.449. The Morgan fingerprint density at radius 1 is 1.21 bits per heavy atom. The molecular formula is C23H20F2N6O2. The number of nitrogens with zero attached hydrogens (tertiary/aromatic N) is 5. The van der Waals surface area contributed by atoms with Crippen LogP contribution in [0.15, 0.2) is 42.7 Å². The molecule has 0 atom stereocenters. The van der Waals surface area contributed by atoms with Crippen molar-refractivity contribution in [1.82, 2.24) is 24.7 Å². The van der Waals surface area contributed by atoms with E-state index >= 15 is 0 Å². The largest absolute Gasteiger partial charge is 0.465 e. The van der Waals surface area contributed by atoms with E-state index in [1.54, 1.807) is 25.3 Å². The Balaban J connectivity index is 1.55. The van der Waals surface area contributed by atoms with E-state index in [0.717, 1.165) is 6.07 Å². The SMILES string of the molecule is CCOC(=O)C1(c2cnc(-c3nn(Cc4cccc(F)c4F)c4ncccc34)nc2N)CC1. The van der Waals surface area contributed by atoms with Crippen molar-refractivity contribution in [1.29, 1.82) is 0 Å². The van der Waals surface area contributed by atoms with Gasteiger partial charge in [0.2, 0.25) is 0 Å². The molecule has 33 heavy (non-hydrogen) atoms. The summed E-state index contributed by atoms with van der Waals surface area (Å²) >= 11 is 0. The van der Waals surface area contributed by atoms with Gasteiger partial charge in [0.25, 0.3) is 0 Å². The summed E-state index contributed by atoms with van der Waals surface area (Å²) in [6, 6.07) is 7.51. The predicted octanol–water partition coefficient (Wildman–Crippen LogP) is 3.39. The van der Waals surface area contributed by atoms with Crippen LogP contribution in [0.3, 0.4) is 0 Å². The van der Waals surface area contributed by atoms with Gasteiger partial charge < -0.3 is 10.5 Å². The summed E-state index contributed by atoms with van der Waals surface area (Å²) in [5, 5.41) is 5.16. The molecule has 4 aromatic rings. The minimum Gasteiger partial charge on any atom is -0.465 e. The molecule has 3 heterocycles. The molecule has 1 fully saturated rings. The van der Waals surface area contributed by atoms with Gasteiger partial charge in [-0.25, -0.2) is 28.4 Å². The standard InChI is InChI=1S/C23H20F2N6O2/c1-2-33-22(32)23(8-9-23)15-11-28-20(29-19(15)26)18-14-6-4-10-27-21(14)31(30-18)12-13-5-3-7-16(24)17(13)25/h3-7,10-11H,2,8-9,12H2,1H3,(H2,26,28,29). The zero-order valence-corrected chi connectivity index (χ0v) is 17.8. The van der Waals surface area contributed by atoms with Gasteiger partial charge in [-0.15, -0.1) is 0 Å². The number of fused-ring (bicyclic) bond motifs is 1. The van der Waals surface area contributed by atoms with Crippen LogP contribution in [0.25, 0.3) is 22.6 Å². The number of halogens is 2. The van der Waals surface area contributed by atoms with E-state index in [-0.39, 0.29) is 36.3 Å². The number of hydrogen-bond donors (Lipinski definition) is 1. The highest BCUT2D eigenvalue weighted by atomic mass is 19.2. The van der Waals surface area contributed by atoms with Crippen LogP contribution >= 0.6 is 0 Å². The second-order valence-corrected chi connectivity index (χ2v) is 7.89. The van der Waals surface area contributed by atoms with Gasteiger partial charge in [-0.3, -0.25) is 4.79 Å².